The molecule has 0 spiro atoms. The zero-order chi connectivity index (χ0) is 17.7. The molecule has 139 valence electrons. The normalized spacial score (nSPS) is 27.1. The van der Waals surface area contributed by atoms with Gasteiger partial charge in [-0.25, -0.2) is 4.98 Å². The van der Waals surface area contributed by atoms with E-state index in [0.717, 1.165) is 32.1 Å². The monoisotopic (exact) mass is 577 g/mol. The summed E-state index contributed by atoms with van der Waals surface area (Å²) < 4.78 is 7.96. The van der Waals surface area contributed by atoms with Gasteiger partial charge in [-0.2, -0.15) is 0 Å². The summed E-state index contributed by atoms with van der Waals surface area (Å²) in [5, 5.41) is 0.457. The Labute approximate surface area is 194 Å². The Morgan fingerprint density at radius 1 is 1.28 bits per heavy atom. The van der Waals surface area contributed by atoms with E-state index in [1.54, 1.807) is 17.1 Å². The van der Waals surface area contributed by atoms with Crippen LogP contribution in [0.15, 0.2) is 18.7 Å². The van der Waals surface area contributed by atoms with E-state index < -0.39 is 0 Å². The van der Waals surface area contributed by atoms with Gasteiger partial charge in [0.15, 0.2) is 0 Å². The smallest absolute Gasteiger partial charge is 0.269 e. The number of rotatable bonds is 7. The van der Waals surface area contributed by atoms with Crippen molar-refractivity contribution in [2.75, 3.05) is 0 Å². The minimum Gasteiger partial charge on any atom is -0.674 e. The SMILES string of the molecule is CCCC(CCC)C([NH-])[C@@H]1[C@H](OC(=S)n2ccnc2)[C@@H](C)C[C@H]1C.[Ac]. The number of imidazole rings is 1. The van der Waals surface area contributed by atoms with Crippen molar-refractivity contribution in [2.45, 2.75) is 71.9 Å². The Morgan fingerprint density at radius 2 is 1.92 bits per heavy atom. The van der Waals surface area contributed by atoms with E-state index in [4.69, 9.17) is 22.7 Å². The summed E-state index contributed by atoms with van der Waals surface area (Å²) in [5.41, 5.74) is 8.96. The first-order valence-electron chi connectivity index (χ1n) is 9.39. The van der Waals surface area contributed by atoms with Crippen molar-refractivity contribution in [3.05, 3.63) is 24.5 Å². The van der Waals surface area contributed by atoms with Crippen molar-refractivity contribution in [2.24, 2.45) is 23.7 Å². The van der Waals surface area contributed by atoms with Crippen molar-refractivity contribution in [1.82, 2.24) is 9.55 Å². The van der Waals surface area contributed by atoms with Gasteiger partial charge >= 0.3 is 0 Å². The Balaban J connectivity index is 0.00000312. The molecule has 0 saturated heterocycles. The van der Waals surface area contributed by atoms with E-state index in [1.807, 2.05) is 6.20 Å². The van der Waals surface area contributed by atoms with Crippen molar-refractivity contribution in [3.8, 4) is 0 Å². The molecule has 1 aliphatic rings. The third kappa shape index (κ3) is 5.99. The van der Waals surface area contributed by atoms with E-state index in [2.05, 4.69) is 32.7 Å². The van der Waals surface area contributed by atoms with Gasteiger partial charge in [0, 0.05) is 56.5 Å². The largest absolute Gasteiger partial charge is 0.674 e. The molecule has 1 aromatic heterocycles. The average Bonchev–Trinajstić information content (AvgIpc) is 3.16. The molecule has 6 heteroatoms. The molecular weight excluding hydrogens is 545 g/mol. The Hall–Kier alpha value is 0.502. The maximum Gasteiger partial charge on any atom is 0.269 e. The molecule has 1 heterocycles. The first-order valence-corrected chi connectivity index (χ1v) is 9.80. The molecule has 1 fully saturated rings. The van der Waals surface area contributed by atoms with Crippen molar-refractivity contribution < 1.29 is 48.8 Å². The molecule has 5 atom stereocenters. The maximum absolute atomic E-state index is 8.96. The van der Waals surface area contributed by atoms with Gasteiger partial charge in [-0.15, -0.1) is 6.04 Å². The Kier molecular flexibility index (Phi) is 10.7. The Bertz CT molecular complexity index is 505. The summed E-state index contributed by atoms with van der Waals surface area (Å²) in [5.74, 6) is 1.66. The summed E-state index contributed by atoms with van der Waals surface area (Å²) in [6, 6.07) is -0.0690. The van der Waals surface area contributed by atoms with E-state index in [1.165, 1.54) is 0 Å². The predicted octanol–water partition coefficient (Wildman–Crippen LogP) is 5.33. The van der Waals surface area contributed by atoms with Crippen LogP contribution in [0.2, 0.25) is 0 Å². The predicted molar refractivity (Wildman–Crippen MR) is 103 cm³/mol. The van der Waals surface area contributed by atoms with Crippen LogP contribution in [0.25, 0.3) is 5.73 Å². The second-order valence-electron chi connectivity index (χ2n) is 7.45. The van der Waals surface area contributed by atoms with Crippen LogP contribution < -0.4 is 0 Å². The summed E-state index contributed by atoms with van der Waals surface area (Å²) >= 11 is 5.45. The summed E-state index contributed by atoms with van der Waals surface area (Å²) in [6.45, 7) is 8.96. The summed E-state index contributed by atoms with van der Waals surface area (Å²) in [6.07, 6.45) is 10.9. The zero-order valence-corrected chi connectivity index (χ0v) is 21.6. The molecule has 1 N–H and O–H groups in total. The molecule has 1 aromatic rings. The molecule has 1 aliphatic carbocycles. The van der Waals surface area contributed by atoms with Crippen molar-refractivity contribution >= 4 is 17.4 Å². The van der Waals surface area contributed by atoms with Gasteiger partial charge in [-0.05, 0) is 36.4 Å². The van der Waals surface area contributed by atoms with Crippen LogP contribution in [-0.2, 0) is 4.74 Å². The molecule has 1 saturated carbocycles. The quantitative estimate of drug-likeness (QED) is 0.412. The summed E-state index contributed by atoms with van der Waals surface area (Å²) in [7, 11) is 0. The van der Waals surface area contributed by atoms with Crippen LogP contribution in [0, 0.1) is 67.7 Å². The molecule has 0 bridgehead atoms. The number of hydrogen-bond donors (Lipinski definition) is 0. The molecule has 0 aliphatic heterocycles. The molecular formula is C19H32AcN3OS-. The summed E-state index contributed by atoms with van der Waals surface area (Å²) in [4.78, 5) is 4.04. The van der Waals surface area contributed by atoms with Crippen molar-refractivity contribution in [1.29, 1.82) is 0 Å². The fourth-order valence-corrected chi connectivity index (χ4v) is 4.66. The van der Waals surface area contributed by atoms with Crippen LogP contribution in [0.1, 0.15) is 59.8 Å². The van der Waals surface area contributed by atoms with Gasteiger partial charge in [0.1, 0.15) is 12.4 Å². The van der Waals surface area contributed by atoms with Gasteiger partial charge in [-0.3, -0.25) is 4.57 Å². The fraction of sp³-hybridized carbons (Fsp3) is 0.789. The van der Waals surface area contributed by atoms with Gasteiger partial charge in [0.2, 0.25) is 0 Å². The van der Waals surface area contributed by atoms with E-state index in [9.17, 15) is 0 Å². The number of thiocarbonyl (C=S) groups is 1. The van der Waals surface area contributed by atoms with Crippen molar-refractivity contribution in [3.63, 3.8) is 0 Å². The second-order valence-corrected chi connectivity index (χ2v) is 7.80. The van der Waals surface area contributed by atoms with Gasteiger partial charge in [0.05, 0.1) is 0 Å². The first kappa shape index (κ1) is 23.5. The molecule has 2 rings (SSSR count). The molecule has 0 amide bonds. The maximum atomic E-state index is 8.96. The number of nitrogens with one attached hydrogen (secondary N) is 1. The van der Waals surface area contributed by atoms with E-state index in [-0.39, 0.29) is 62.1 Å². The standard InChI is InChI=1S/C19H32N3OS.Ac/c1-5-7-15(8-6-2)17(20)16-13(3)11-14(4)18(16)23-19(24)22-10-9-21-12-22;/h9-10,12-18,20H,5-8,11H2,1-4H3;/q-1;/t13-,14+,16-,17?,18-;/m1./s1. The first-order chi connectivity index (χ1) is 11.5. The van der Waals surface area contributed by atoms with Gasteiger partial charge in [-0.1, -0.05) is 59.3 Å². The number of ether oxygens (including phenoxy) is 1. The van der Waals surface area contributed by atoms with Gasteiger partial charge in [0.25, 0.3) is 5.17 Å². The fourth-order valence-electron chi connectivity index (χ4n) is 4.44. The topological polar surface area (TPSA) is 50.9 Å². The third-order valence-corrected chi connectivity index (χ3v) is 5.84. The minimum atomic E-state index is -0.0690. The minimum absolute atomic E-state index is 0. The Morgan fingerprint density at radius 3 is 2.44 bits per heavy atom. The third-order valence-electron chi connectivity index (χ3n) is 5.53. The van der Waals surface area contributed by atoms with Crippen LogP contribution in [-0.4, -0.2) is 26.9 Å². The zero-order valence-electron chi connectivity index (χ0n) is 16.0. The van der Waals surface area contributed by atoms with Crippen LogP contribution >= 0.6 is 12.2 Å². The van der Waals surface area contributed by atoms with Crippen LogP contribution in [0.3, 0.4) is 0 Å². The molecule has 1 radical (unpaired) electrons. The number of aromatic nitrogens is 2. The van der Waals surface area contributed by atoms with E-state index >= 15 is 0 Å². The molecule has 4 nitrogen and oxygen atoms in total. The average molecular weight is 578 g/mol. The van der Waals surface area contributed by atoms with Crippen LogP contribution in [0.5, 0.6) is 0 Å². The molecule has 0 aromatic carbocycles. The second kappa shape index (κ2) is 11.4. The van der Waals surface area contributed by atoms with E-state index in [0.29, 0.717) is 22.9 Å². The number of nitrogens with zero attached hydrogens (tertiary/aromatic N) is 2. The molecule has 25 heavy (non-hydrogen) atoms. The van der Waals surface area contributed by atoms with Gasteiger partial charge < -0.3 is 10.5 Å². The number of hydrogen-bond acceptors (Lipinski definition) is 3. The molecule has 1 unspecified atom stereocenters. The van der Waals surface area contributed by atoms with Crippen LogP contribution in [0.4, 0.5) is 0 Å².